The van der Waals surface area contributed by atoms with Gasteiger partial charge < -0.3 is 10.2 Å². The third kappa shape index (κ3) is 5.20. The predicted octanol–water partition coefficient (Wildman–Crippen LogP) is 1.05. The number of aliphatic hydroxyl groups excluding tert-OH is 2. The first kappa shape index (κ1) is 17.7. The van der Waals surface area contributed by atoms with Crippen LogP contribution in [0.1, 0.15) is 0 Å². The molecular weight excluding hydrogens is 325 g/mol. The lowest BCUT2D eigenvalue weighted by molar-refractivity contribution is 0.167. The fourth-order valence-corrected chi connectivity index (χ4v) is 3.33. The Hall–Kier alpha value is -0.370. The first-order chi connectivity index (χ1) is 9.40. The van der Waals surface area contributed by atoms with E-state index in [0.717, 1.165) is 0 Å². The maximum absolute atomic E-state index is 12.2. The highest BCUT2D eigenvalue weighted by Gasteiger charge is 2.17. The fraction of sp³-hybridized carbons (Fsp3) is 0.500. The summed E-state index contributed by atoms with van der Waals surface area (Å²) in [4.78, 5) is 1.79. The van der Waals surface area contributed by atoms with Crippen LogP contribution in [0.2, 0.25) is 10.0 Å². The van der Waals surface area contributed by atoms with Gasteiger partial charge in [-0.25, -0.2) is 8.42 Å². The number of hydrogen-bond donors (Lipinski definition) is 2. The van der Waals surface area contributed by atoms with Gasteiger partial charge in [0.2, 0.25) is 0 Å². The van der Waals surface area contributed by atoms with Crippen LogP contribution in [0.5, 0.6) is 0 Å². The Morgan fingerprint density at radius 3 is 2.10 bits per heavy atom. The lowest BCUT2D eigenvalue weighted by atomic mass is 10.4. The highest BCUT2D eigenvalue weighted by Crippen LogP contribution is 2.25. The summed E-state index contributed by atoms with van der Waals surface area (Å²) in [5.41, 5.74) is 0. The zero-order valence-electron chi connectivity index (χ0n) is 10.8. The van der Waals surface area contributed by atoms with Gasteiger partial charge in [-0.15, -0.1) is 0 Å². The van der Waals surface area contributed by atoms with Gasteiger partial charge in [-0.2, -0.15) is 0 Å². The Labute approximate surface area is 128 Å². The second-order valence-corrected chi connectivity index (χ2v) is 7.11. The molecule has 0 saturated heterocycles. The minimum Gasteiger partial charge on any atom is -0.395 e. The SMILES string of the molecule is O=S(=O)(CCN(CCO)CCO)c1ccc(Cl)c(Cl)c1. The maximum atomic E-state index is 12.2. The van der Waals surface area contributed by atoms with Crippen LogP contribution in [0.3, 0.4) is 0 Å². The van der Waals surface area contributed by atoms with E-state index in [0.29, 0.717) is 18.1 Å². The summed E-state index contributed by atoms with van der Waals surface area (Å²) < 4.78 is 24.3. The van der Waals surface area contributed by atoms with E-state index in [4.69, 9.17) is 33.4 Å². The molecule has 0 saturated carbocycles. The Bertz CT molecular complexity index is 530. The number of rotatable bonds is 8. The van der Waals surface area contributed by atoms with Crippen LogP contribution in [0, 0.1) is 0 Å². The summed E-state index contributed by atoms with van der Waals surface area (Å²) in [5.74, 6) is -0.120. The Kier molecular flexibility index (Phi) is 7.22. The van der Waals surface area contributed by atoms with Gasteiger partial charge in [-0.3, -0.25) is 4.90 Å². The first-order valence-electron chi connectivity index (χ1n) is 6.02. The second kappa shape index (κ2) is 8.17. The lowest BCUT2D eigenvalue weighted by Crippen LogP contribution is -2.34. The van der Waals surface area contributed by atoms with Gasteiger partial charge in [0.05, 0.1) is 33.9 Å². The lowest BCUT2D eigenvalue weighted by Gasteiger charge is -2.19. The number of aliphatic hydroxyl groups is 2. The van der Waals surface area contributed by atoms with Crippen LogP contribution in [-0.2, 0) is 9.84 Å². The minimum atomic E-state index is -3.48. The van der Waals surface area contributed by atoms with Crippen molar-refractivity contribution in [3.05, 3.63) is 28.2 Å². The summed E-state index contributed by atoms with van der Waals surface area (Å²) in [7, 11) is -3.48. The van der Waals surface area contributed by atoms with Gasteiger partial charge in [0.1, 0.15) is 0 Å². The van der Waals surface area contributed by atoms with E-state index < -0.39 is 9.84 Å². The molecule has 0 heterocycles. The van der Waals surface area contributed by atoms with Crippen molar-refractivity contribution in [2.24, 2.45) is 0 Å². The number of halogens is 2. The van der Waals surface area contributed by atoms with Gasteiger partial charge in [0, 0.05) is 19.6 Å². The largest absolute Gasteiger partial charge is 0.395 e. The predicted molar refractivity (Wildman–Crippen MR) is 79.1 cm³/mol. The monoisotopic (exact) mass is 341 g/mol. The molecule has 2 N–H and O–H groups in total. The van der Waals surface area contributed by atoms with Gasteiger partial charge in [0.15, 0.2) is 9.84 Å². The van der Waals surface area contributed by atoms with Crippen molar-refractivity contribution in [1.82, 2.24) is 4.90 Å². The molecule has 8 heteroatoms. The van der Waals surface area contributed by atoms with E-state index in [2.05, 4.69) is 0 Å². The van der Waals surface area contributed by atoms with Crippen molar-refractivity contribution < 1.29 is 18.6 Å². The van der Waals surface area contributed by atoms with Gasteiger partial charge in [-0.1, -0.05) is 23.2 Å². The number of benzene rings is 1. The van der Waals surface area contributed by atoms with Crippen molar-refractivity contribution in [2.75, 3.05) is 38.6 Å². The molecule has 0 atom stereocenters. The molecule has 1 rings (SSSR count). The van der Waals surface area contributed by atoms with E-state index in [1.54, 1.807) is 4.90 Å². The van der Waals surface area contributed by atoms with Crippen LogP contribution >= 0.6 is 23.2 Å². The molecule has 0 amide bonds. The topological polar surface area (TPSA) is 77.8 Å². The average molecular weight is 342 g/mol. The van der Waals surface area contributed by atoms with Gasteiger partial charge >= 0.3 is 0 Å². The Balaban J connectivity index is 2.75. The number of nitrogens with zero attached hydrogens (tertiary/aromatic N) is 1. The van der Waals surface area contributed by atoms with Gasteiger partial charge in [-0.05, 0) is 18.2 Å². The Morgan fingerprint density at radius 1 is 1.00 bits per heavy atom. The normalized spacial score (nSPS) is 12.1. The molecule has 114 valence electrons. The molecule has 0 bridgehead atoms. The molecule has 0 fully saturated rings. The maximum Gasteiger partial charge on any atom is 0.179 e. The smallest absolute Gasteiger partial charge is 0.179 e. The molecule has 0 aliphatic rings. The second-order valence-electron chi connectivity index (χ2n) is 4.18. The zero-order chi connectivity index (χ0) is 15.2. The van der Waals surface area contributed by atoms with Gasteiger partial charge in [0.25, 0.3) is 0 Å². The average Bonchev–Trinajstić information content (AvgIpc) is 2.39. The third-order valence-corrected chi connectivity index (χ3v) is 5.19. The van der Waals surface area contributed by atoms with E-state index in [-0.39, 0.29) is 35.4 Å². The molecule has 0 aliphatic heterocycles. The number of sulfone groups is 1. The van der Waals surface area contributed by atoms with E-state index in [1.165, 1.54) is 18.2 Å². The van der Waals surface area contributed by atoms with Crippen molar-refractivity contribution in [1.29, 1.82) is 0 Å². The van der Waals surface area contributed by atoms with Crippen molar-refractivity contribution >= 4 is 33.0 Å². The van der Waals surface area contributed by atoms with Crippen molar-refractivity contribution in [2.45, 2.75) is 4.90 Å². The summed E-state index contributed by atoms with van der Waals surface area (Å²) in [6.45, 7) is 0.679. The Morgan fingerprint density at radius 2 is 1.60 bits per heavy atom. The molecule has 20 heavy (non-hydrogen) atoms. The molecule has 0 aliphatic carbocycles. The molecule has 0 aromatic heterocycles. The van der Waals surface area contributed by atoms with Crippen molar-refractivity contribution in [3.8, 4) is 0 Å². The summed E-state index contributed by atoms with van der Waals surface area (Å²) in [6, 6.07) is 4.17. The molecule has 1 aromatic rings. The first-order valence-corrected chi connectivity index (χ1v) is 8.43. The van der Waals surface area contributed by atoms with E-state index >= 15 is 0 Å². The highest BCUT2D eigenvalue weighted by molar-refractivity contribution is 7.91. The summed E-state index contributed by atoms with van der Waals surface area (Å²) >= 11 is 11.6. The third-order valence-electron chi connectivity index (χ3n) is 2.76. The quantitative estimate of drug-likeness (QED) is 0.739. The molecule has 1 aromatic carbocycles. The standard InChI is InChI=1S/C12H17Cl2NO4S/c13-11-2-1-10(9-12(11)14)20(18,19)8-5-15(3-6-16)4-7-17/h1-2,9,16-17H,3-8H2. The minimum absolute atomic E-state index is 0.0905. The van der Waals surface area contributed by atoms with Crippen LogP contribution in [0.25, 0.3) is 0 Å². The van der Waals surface area contributed by atoms with Crippen molar-refractivity contribution in [3.63, 3.8) is 0 Å². The molecule has 0 unspecified atom stereocenters. The molecule has 0 spiro atoms. The molecule has 5 nitrogen and oxygen atoms in total. The van der Waals surface area contributed by atoms with E-state index in [1.807, 2.05) is 0 Å². The van der Waals surface area contributed by atoms with Crippen LogP contribution in [0.15, 0.2) is 23.1 Å². The summed E-state index contributed by atoms with van der Waals surface area (Å²) in [5, 5.41) is 18.2. The fourth-order valence-electron chi connectivity index (χ4n) is 1.66. The number of hydrogen-bond acceptors (Lipinski definition) is 5. The van der Waals surface area contributed by atoms with Crippen LogP contribution < -0.4 is 0 Å². The van der Waals surface area contributed by atoms with E-state index in [9.17, 15) is 8.42 Å². The van der Waals surface area contributed by atoms with Crippen LogP contribution in [-0.4, -0.2) is 62.1 Å². The summed E-state index contributed by atoms with van der Waals surface area (Å²) in [6.07, 6.45) is 0. The highest BCUT2D eigenvalue weighted by atomic mass is 35.5. The zero-order valence-corrected chi connectivity index (χ0v) is 13.1. The molecular formula is C12H17Cl2NO4S. The van der Waals surface area contributed by atoms with Crippen LogP contribution in [0.4, 0.5) is 0 Å². The molecule has 0 radical (unpaired) electrons.